The molecule has 0 aromatic heterocycles. The van der Waals surface area contributed by atoms with Gasteiger partial charge in [0.05, 0.1) is 12.3 Å². The SMILES string of the molecule is C#CO[Si]1(C)CCCN1CCC[Si](C)(OCC)OCC.C=CCN1CCC[Si]1(C)OC.CCCCN1CCC[Si]1(C)OC.CCN1CCC[Si]1(CO)OC.CO[Si]1(C)CCCN1C.CO[Si]1(C)CCCN1C(C)(C)C.CO[Si]1(C)CCCN1CCCN(C)C.[HH]. The van der Waals surface area contributed by atoms with E-state index >= 15 is 0 Å². The number of terminal acetylenes is 1. The van der Waals surface area contributed by atoms with Crippen LogP contribution in [-0.2, 0) is 39.8 Å². The number of hydrogen-bond acceptors (Lipinski definition) is 18. The van der Waals surface area contributed by atoms with Gasteiger partial charge in [-0.15, -0.1) is 6.58 Å². The molecule has 7 atom stereocenters. The van der Waals surface area contributed by atoms with Crippen molar-refractivity contribution in [3.8, 4) is 12.5 Å². The molecule has 7 heterocycles. The molecule has 0 aliphatic carbocycles. The summed E-state index contributed by atoms with van der Waals surface area (Å²) in [6.07, 6.45) is 23.9. The Morgan fingerprint density at radius 3 is 1.34 bits per heavy atom. The lowest BCUT2D eigenvalue weighted by Crippen LogP contribution is -2.56. The average molecular weight is 1400 g/mol. The fourth-order valence-electron chi connectivity index (χ4n) is 14.1. The third kappa shape index (κ3) is 28.3. The summed E-state index contributed by atoms with van der Waals surface area (Å²) in [6.45, 7) is 51.6. The van der Waals surface area contributed by atoms with Crippen LogP contribution >= 0.6 is 0 Å². The lowest BCUT2D eigenvalue weighted by atomic mass is 10.1. The molecule has 7 saturated heterocycles. The number of aliphatic hydroxyl groups is 1. The van der Waals surface area contributed by atoms with Crippen LogP contribution in [0.1, 0.15) is 121 Å². The van der Waals surface area contributed by atoms with Gasteiger partial charge >= 0.3 is 17.0 Å². The van der Waals surface area contributed by atoms with Crippen LogP contribution in [0.3, 0.4) is 0 Å². The maximum absolute atomic E-state index is 9.21. The highest BCUT2D eigenvalue weighted by Crippen LogP contribution is 2.34. The van der Waals surface area contributed by atoms with Crippen molar-refractivity contribution in [3.05, 3.63) is 12.7 Å². The Morgan fingerprint density at radius 2 is 0.966 bits per heavy atom. The quantitative estimate of drug-likeness (QED) is 0.0500. The lowest BCUT2D eigenvalue weighted by molar-refractivity contribution is 0.187. The minimum Gasteiger partial charge on any atom is -0.485 e. The van der Waals surface area contributed by atoms with Crippen LogP contribution in [0.2, 0.25) is 94.2 Å². The van der Waals surface area contributed by atoms with Crippen molar-refractivity contribution in [3.63, 3.8) is 0 Å². The van der Waals surface area contributed by atoms with E-state index in [4.69, 9.17) is 46.3 Å². The summed E-state index contributed by atoms with van der Waals surface area (Å²) in [4.78, 5) is 2.25. The fourth-order valence-corrected chi connectivity index (χ4v) is 36.8. The van der Waals surface area contributed by atoms with Gasteiger partial charge in [-0.1, -0.05) is 32.8 Å². The van der Waals surface area contributed by atoms with Gasteiger partial charge in [-0.2, -0.15) is 0 Å². The monoisotopic (exact) mass is 1400 g/mol. The molecular weight excluding hydrogens is 1250 g/mol. The molecule has 0 spiro atoms. The van der Waals surface area contributed by atoms with E-state index in [1.165, 1.54) is 147 Å². The van der Waals surface area contributed by atoms with Gasteiger partial charge in [-0.25, -0.2) is 0 Å². The van der Waals surface area contributed by atoms with Crippen LogP contribution in [0.15, 0.2) is 12.7 Å². The Hall–Kier alpha value is 0.155. The molecule has 7 aliphatic heterocycles. The molecule has 0 aromatic carbocycles. The molecule has 530 valence electrons. The highest BCUT2D eigenvalue weighted by atomic mass is 28.4. The van der Waals surface area contributed by atoms with Crippen molar-refractivity contribution in [2.45, 2.75) is 219 Å². The zero-order chi connectivity index (χ0) is 67.6. The molecule has 7 fully saturated rings. The Kier molecular flexibility index (Phi) is 42.5. The van der Waals surface area contributed by atoms with E-state index in [-0.39, 0.29) is 13.2 Å². The van der Waals surface area contributed by atoms with E-state index in [0.29, 0.717) is 0 Å². The average Bonchev–Trinajstić information content (AvgIpc) is 2.91. The standard InChI is InChI=1S/C14H29NO3Si2.C10H24N2OSi.2C9H21NOSi.C8H17NOSi.C7H17NO2Si.C6H15NOSi.H2/c1-6-16-19(4)13-9-11-15(19)12-10-14-20(5,17-7-2)18-8-3;1-11(2)7-5-8-12-9-6-10-14(12,4)13-3;1-9(2,3)10-7-6-8-12(10,5)11-4;1-4-5-7-10-8-6-9-12(10,3)11-2;1-4-6-9-7-5-8-11(9,3)10-2;1-3-8-5-4-6-11(8,7-9)10-2;1-7-5-4-6-9(7,3)8-2;/h1H,7-14H2,2-5H3;5-10H2,1-4H3;6-8H2,1-5H3;4-9H2,1-3H3;4H,1,5-8H2,2-3H3;9H,3-7H2,1-2H3;4-6H2,1-3H3;1H. The van der Waals surface area contributed by atoms with E-state index in [1.807, 2.05) is 55.5 Å². The van der Waals surface area contributed by atoms with Crippen LogP contribution < -0.4 is 0 Å². The minimum absolute atomic E-state index is 0. The normalized spacial score (nSPS) is 30.4. The van der Waals surface area contributed by atoms with Gasteiger partial charge in [-0.05, 0) is 293 Å². The summed E-state index contributed by atoms with van der Waals surface area (Å²) in [5.41, 5.74) is 0.285. The molecule has 7 aliphatic rings. The van der Waals surface area contributed by atoms with Gasteiger partial charge in [0, 0.05) is 69.4 Å². The van der Waals surface area contributed by atoms with E-state index in [2.05, 4.69) is 151 Å². The first kappa shape index (κ1) is 87.2. The van der Waals surface area contributed by atoms with Crippen molar-refractivity contribution in [2.75, 3.05) is 168 Å². The molecule has 89 heavy (non-hydrogen) atoms. The Morgan fingerprint density at radius 1 is 0.562 bits per heavy atom. The second-order valence-electron chi connectivity index (χ2n) is 28.0. The van der Waals surface area contributed by atoms with Crippen molar-refractivity contribution < 1.29 is 46.4 Å². The van der Waals surface area contributed by atoms with Gasteiger partial charge in [0.15, 0.2) is 0 Å². The first-order valence-electron chi connectivity index (χ1n) is 34.7. The molecule has 0 aromatic rings. The van der Waals surface area contributed by atoms with Gasteiger partial charge in [-0.3, -0.25) is 13.7 Å². The van der Waals surface area contributed by atoms with Crippen LogP contribution in [0.5, 0.6) is 0 Å². The second-order valence-corrected chi connectivity index (χ2v) is 58.2. The van der Waals surface area contributed by atoms with Gasteiger partial charge in [0.1, 0.15) is 0 Å². The van der Waals surface area contributed by atoms with Crippen molar-refractivity contribution in [2.24, 2.45) is 0 Å². The number of aliphatic hydroxyl groups excluding tert-OH is 1. The van der Waals surface area contributed by atoms with Crippen LogP contribution in [0.25, 0.3) is 0 Å². The van der Waals surface area contributed by atoms with Crippen molar-refractivity contribution in [1.82, 2.24) is 36.9 Å². The molecule has 0 radical (unpaired) electrons. The molecule has 1 N–H and O–H groups in total. The maximum Gasteiger partial charge on any atom is 0.340 e. The topological polar surface area (TPSA) is 129 Å². The van der Waals surface area contributed by atoms with E-state index in [0.717, 1.165) is 70.5 Å². The molecule has 0 bridgehead atoms. The molecule has 26 heteroatoms. The largest absolute Gasteiger partial charge is 0.485 e. The van der Waals surface area contributed by atoms with E-state index < -0.39 is 67.9 Å². The Balaban J connectivity index is 0.00000104. The van der Waals surface area contributed by atoms with E-state index in [9.17, 15) is 5.11 Å². The van der Waals surface area contributed by atoms with Crippen LogP contribution in [-0.4, -0.2) is 284 Å². The smallest absolute Gasteiger partial charge is 0.340 e. The van der Waals surface area contributed by atoms with Crippen molar-refractivity contribution >= 4 is 67.9 Å². The van der Waals surface area contributed by atoms with Crippen molar-refractivity contribution in [1.29, 1.82) is 0 Å². The highest BCUT2D eigenvalue weighted by molar-refractivity contribution is 6.73. The van der Waals surface area contributed by atoms with Gasteiger partial charge in [0.2, 0.25) is 0 Å². The molecule has 7 rings (SSSR count). The maximum atomic E-state index is 9.21. The first-order chi connectivity index (χ1) is 41.9. The summed E-state index contributed by atoms with van der Waals surface area (Å²) in [7, 11) is 4.77. The number of hydrogen-bond donors (Lipinski definition) is 1. The summed E-state index contributed by atoms with van der Waals surface area (Å²) in [5.74, 6) is 0. The molecule has 0 saturated carbocycles. The molecule has 7 unspecified atom stereocenters. The zero-order valence-corrected chi connectivity index (χ0v) is 70.3. The van der Waals surface area contributed by atoms with Crippen LogP contribution in [0, 0.1) is 12.5 Å². The number of rotatable bonds is 26. The summed E-state index contributed by atoms with van der Waals surface area (Å²) < 4.78 is 68.5. The van der Waals surface area contributed by atoms with Gasteiger partial charge in [0.25, 0.3) is 50.9 Å². The molecular formula is C63H146N8O10Si8. The second kappa shape index (κ2) is 43.4. The Bertz CT molecular complexity index is 1930. The molecule has 18 nitrogen and oxygen atoms in total. The zero-order valence-electron chi connectivity index (χ0n) is 62.3. The summed E-state index contributed by atoms with van der Waals surface area (Å²) in [5, 5.41) is 9.21. The van der Waals surface area contributed by atoms with E-state index in [1.54, 1.807) is 7.11 Å². The number of nitrogens with zero attached hydrogens (tertiary/aromatic N) is 8. The minimum atomic E-state index is -1.98. The summed E-state index contributed by atoms with van der Waals surface area (Å²) in [6, 6.07) is 9.78. The fraction of sp³-hybridized carbons (Fsp3) is 0.937. The molecule has 0 amide bonds. The Labute approximate surface area is 560 Å². The number of unbranched alkanes of at least 4 members (excludes halogenated alkanes) is 1. The van der Waals surface area contributed by atoms with Crippen LogP contribution in [0.4, 0.5) is 0 Å². The third-order valence-corrected chi connectivity index (χ3v) is 51.2. The first-order valence-corrected chi connectivity index (χ1v) is 54.9. The predicted octanol–water partition coefficient (Wildman–Crippen LogP) is 11.9. The summed E-state index contributed by atoms with van der Waals surface area (Å²) >= 11 is 0. The third-order valence-electron chi connectivity index (χ3n) is 20.5. The predicted molar refractivity (Wildman–Crippen MR) is 398 cm³/mol. The highest BCUT2D eigenvalue weighted by Gasteiger charge is 2.47. The van der Waals surface area contributed by atoms with Gasteiger partial charge < -0.3 is 68.1 Å². The lowest BCUT2D eigenvalue weighted by Gasteiger charge is -2.41.